The van der Waals surface area contributed by atoms with E-state index in [4.69, 9.17) is 14.2 Å². The van der Waals surface area contributed by atoms with Crippen LogP contribution < -0.4 is 0 Å². The second-order valence-corrected chi connectivity index (χ2v) is 13.6. The first-order valence-electron chi connectivity index (χ1n) is 21.0. The average molecular weight is 725 g/mol. The van der Waals surface area contributed by atoms with Crippen molar-refractivity contribution in [2.75, 3.05) is 13.2 Å². The fraction of sp³-hybridized carbons (Fsp3) is 0.674. The quantitative estimate of drug-likeness (QED) is 0.0210. The number of hydrogen-bond donors (Lipinski definition) is 0. The predicted octanol–water partition coefficient (Wildman–Crippen LogP) is 13.1. The zero-order valence-corrected chi connectivity index (χ0v) is 33.5. The average Bonchev–Trinajstić information content (AvgIpc) is 3.14. The van der Waals surface area contributed by atoms with Gasteiger partial charge in [0.15, 0.2) is 6.10 Å². The zero-order valence-electron chi connectivity index (χ0n) is 33.5. The molecule has 0 rings (SSSR count). The van der Waals surface area contributed by atoms with Crippen LogP contribution in [0.25, 0.3) is 0 Å². The molecule has 0 saturated heterocycles. The predicted molar refractivity (Wildman–Crippen MR) is 219 cm³/mol. The Labute approximate surface area is 319 Å². The lowest BCUT2D eigenvalue weighted by molar-refractivity contribution is -0.166. The van der Waals surface area contributed by atoms with E-state index in [2.05, 4.69) is 81.5 Å². The maximum absolute atomic E-state index is 12.6. The fourth-order valence-corrected chi connectivity index (χ4v) is 5.44. The van der Waals surface area contributed by atoms with Gasteiger partial charge in [-0.3, -0.25) is 14.4 Å². The number of hydrogen-bond acceptors (Lipinski definition) is 6. The standard InChI is InChI=1S/C46H76O6/c1-4-7-10-13-16-19-21-22-23-24-25-28-30-33-36-39-45(48)51-42-43(41-50-44(47)38-35-32-29-26-18-15-12-9-6-3)52-46(49)40-37-34-31-27-20-17-14-11-8-5-2/h7,9-10,12-13,16,18-19,21,26,32,35,43H,4-6,8,11,14-15,17,20,22-25,27-31,33-34,36-42H2,1-3H3/b10-7-,12-9-,16-13-,21-19-,26-18-,35-32-. The highest BCUT2D eigenvalue weighted by molar-refractivity contribution is 5.72. The molecule has 0 aliphatic carbocycles. The Hall–Kier alpha value is -3.15. The Kier molecular flexibility index (Phi) is 38.2. The van der Waals surface area contributed by atoms with Crippen LogP contribution >= 0.6 is 0 Å². The number of allylic oxidation sites excluding steroid dienone is 11. The van der Waals surface area contributed by atoms with E-state index in [0.29, 0.717) is 12.8 Å². The van der Waals surface area contributed by atoms with Crippen molar-refractivity contribution in [3.05, 3.63) is 72.9 Å². The summed E-state index contributed by atoms with van der Waals surface area (Å²) in [5.41, 5.74) is 0. The lowest BCUT2D eigenvalue weighted by Gasteiger charge is -2.18. The maximum atomic E-state index is 12.6. The van der Waals surface area contributed by atoms with E-state index in [1.165, 1.54) is 70.6 Å². The first-order valence-corrected chi connectivity index (χ1v) is 21.0. The van der Waals surface area contributed by atoms with Crippen LogP contribution in [0.5, 0.6) is 0 Å². The smallest absolute Gasteiger partial charge is 0.309 e. The molecule has 0 spiro atoms. The molecule has 0 aromatic carbocycles. The molecule has 0 radical (unpaired) electrons. The molecule has 0 saturated carbocycles. The van der Waals surface area contributed by atoms with Gasteiger partial charge in [0.25, 0.3) is 0 Å². The topological polar surface area (TPSA) is 78.9 Å². The highest BCUT2D eigenvalue weighted by Gasteiger charge is 2.19. The van der Waals surface area contributed by atoms with Gasteiger partial charge in [-0.25, -0.2) is 0 Å². The third kappa shape index (κ3) is 38.1. The normalized spacial score (nSPS) is 12.8. The van der Waals surface area contributed by atoms with Gasteiger partial charge in [0.1, 0.15) is 13.2 Å². The van der Waals surface area contributed by atoms with Gasteiger partial charge in [0, 0.05) is 12.8 Å². The number of rotatable bonds is 36. The number of carbonyl (C=O) groups is 3. The van der Waals surface area contributed by atoms with Crippen molar-refractivity contribution in [3.63, 3.8) is 0 Å². The lowest BCUT2D eigenvalue weighted by Crippen LogP contribution is -2.30. The lowest BCUT2D eigenvalue weighted by atomic mass is 10.1. The Morgan fingerprint density at radius 3 is 1.48 bits per heavy atom. The minimum absolute atomic E-state index is 0.108. The summed E-state index contributed by atoms with van der Waals surface area (Å²) in [5.74, 6) is -1.06. The van der Waals surface area contributed by atoms with E-state index < -0.39 is 12.1 Å². The summed E-state index contributed by atoms with van der Waals surface area (Å²) in [4.78, 5) is 37.5. The first-order chi connectivity index (χ1) is 25.5. The second kappa shape index (κ2) is 40.6. The fourth-order valence-electron chi connectivity index (χ4n) is 5.44. The molecule has 52 heavy (non-hydrogen) atoms. The van der Waals surface area contributed by atoms with Gasteiger partial charge < -0.3 is 14.2 Å². The minimum atomic E-state index is -0.810. The van der Waals surface area contributed by atoms with E-state index in [1.54, 1.807) is 6.08 Å². The highest BCUT2D eigenvalue weighted by atomic mass is 16.6. The minimum Gasteiger partial charge on any atom is -0.462 e. The van der Waals surface area contributed by atoms with Gasteiger partial charge in [-0.1, -0.05) is 184 Å². The molecule has 0 aliphatic rings. The third-order valence-corrected chi connectivity index (χ3v) is 8.55. The van der Waals surface area contributed by atoms with Gasteiger partial charge in [0.05, 0.1) is 6.42 Å². The largest absolute Gasteiger partial charge is 0.462 e. The number of ether oxygens (including phenoxy) is 3. The Balaban J connectivity index is 4.44. The maximum Gasteiger partial charge on any atom is 0.309 e. The Morgan fingerprint density at radius 2 is 0.904 bits per heavy atom. The van der Waals surface area contributed by atoms with Crippen LogP contribution in [0.1, 0.15) is 181 Å². The Bertz CT molecular complexity index is 1020. The molecule has 296 valence electrons. The third-order valence-electron chi connectivity index (χ3n) is 8.55. The molecular formula is C46H76O6. The van der Waals surface area contributed by atoms with E-state index in [9.17, 15) is 14.4 Å². The van der Waals surface area contributed by atoms with Crippen molar-refractivity contribution in [2.24, 2.45) is 0 Å². The molecule has 0 aromatic rings. The van der Waals surface area contributed by atoms with Crippen molar-refractivity contribution in [1.82, 2.24) is 0 Å². The zero-order chi connectivity index (χ0) is 38.0. The number of esters is 3. The summed E-state index contributed by atoms with van der Waals surface area (Å²) in [5, 5.41) is 0. The molecule has 6 nitrogen and oxygen atoms in total. The summed E-state index contributed by atoms with van der Waals surface area (Å²) in [6.45, 7) is 6.24. The van der Waals surface area contributed by atoms with Crippen molar-refractivity contribution in [3.8, 4) is 0 Å². The number of unbranched alkanes of at least 4 members (excludes halogenated alkanes) is 16. The van der Waals surface area contributed by atoms with Crippen LogP contribution in [0.3, 0.4) is 0 Å². The van der Waals surface area contributed by atoms with E-state index in [-0.39, 0.29) is 31.6 Å². The molecule has 0 aliphatic heterocycles. The molecular weight excluding hydrogens is 648 g/mol. The summed E-state index contributed by atoms with van der Waals surface area (Å²) >= 11 is 0. The summed E-state index contributed by atoms with van der Waals surface area (Å²) < 4.78 is 16.5. The summed E-state index contributed by atoms with van der Waals surface area (Å²) in [6.07, 6.45) is 49.2. The van der Waals surface area contributed by atoms with Crippen LogP contribution in [-0.4, -0.2) is 37.2 Å². The van der Waals surface area contributed by atoms with Crippen molar-refractivity contribution in [1.29, 1.82) is 0 Å². The van der Waals surface area contributed by atoms with E-state index >= 15 is 0 Å². The number of carbonyl (C=O) groups excluding carboxylic acids is 3. The van der Waals surface area contributed by atoms with Gasteiger partial charge in [-0.2, -0.15) is 0 Å². The van der Waals surface area contributed by atoms with Gasteiger partial charge in [-0.05, 0) is 51.4 Å². The van der Waals surface area contributed by atoms with Crippen molar-refractivity contribution < 1.29 is 28.6 Å². The van der Waals surface area contributed by atoms with Crippen LogP contribution in [0.4, 0.5) is 0 Å². The second-order valence-electron chi connectivity index (χ2n) is 13.6. The summed E-state index contributed by atoms with van der Waals surface area (Å²) in [6, 6.07) is 0. The molecule has 0 bridgehead atoms. The SMILES string of the molecule is CC\C=C/C=C\C=C/CCCCCCCCCC(=O)OCC(COC(=O)C/C=C\C/C=C\C/C=C\CC)OC(=O)CCCCCCCCCCCC. The van der Waals surface area contributed by atoms with Gasteiger partial charge >= 0.3 is 17.9 Å². The van der Waals surface area contributed by atoms with E-state index in [0.717, 1.165) is 70.6 Å². The van der Waals surface area contributed by atoms with Crippen molar-refractivity contribution >= 4 is 17.9 Å². The molecule has 1 unspecified atom stereocenters. The van der Waals surface area contributed by atoms with Crippen LogP contribution in [-0.2, 0) is 28.6 Å². The van der Waals surface area contributed by atoms with Crippen molar-refractivity contribution in [2.45, 2.75) is 187 Å². The monoisotopic (exact) mass is 725 g/mol. The highest BCUT2D eigenvalue weighted by Crippen LogP contribution is 2.13. The van der Waals surface area contributed by atoms with Gasteiger partial charge in [-0.15, -0.1) is 0 Å². The first kappa shape index (κ1) is 48.9. The van der Waals surface area contributed by atoms with Crippen LogP contribution in [0.15, 0.2) is 72.9 Å². The Morgan fingerprint density at radius 1 is 0.442 bits per heavy atom. The van der Waals surface area contributed by atoms with Crippen LogP contribution in [0.2, 0.25) is 0 Å². The molecule has 0 amide bonds. The van der Waals surface area contributed by atoms with Crippen LogP contribution in [0, 0.1) is 0 Å². The molecule has 1 atom stereocenters. The molecule has 0 aromatic heterocycles. The molecule has 0 fully saturated rings. The van der Waals surface area contributed by atoms with Gasteiger partial charge in [0.2, 0.25) is 0 Å². The van der Waals surface area contributed by atoms with E-state index in [1.807, 2.05) is 6.08 Å². The molecule has 6 heteroatoms. The molecule has 0 N–H and O–H groups in total. The molecule has 0 heterocycles. The summed E-state index contributed by atoms with van der Waals surface area (Å²) in [7, 11) is 0.